The molecule has 1 heterocycles. The van der Waals surface area contributed by atoms with Crippen molar-refractivity contribution >= 4 is 12.4 Å². The minimum absolute atomic E-state index is 0. The van der Waals surface area contributed by atoms with Crippen LogP contribution in [-0.4, -0.2) is 12.6 Å². The standard InChI is InChI=1S/C8H10N2.ClH/c1-2-4-8-7(3-1)5-6-9-10-8;/h1-5,8-10H,6H2;1H. The van der Waals surface area contributed by atoms with Gasteiger partial charge in [-0.1, -0.05) is 30.4 Å². The molecule has 0 amide bonds. The van der Waals surface area contributed by atoms with Crippen molar-refractivity contribution in [2.75, 3.05) is 6.54 Å². The molecule has 2 nitrogen and oxygen atoms in total. The summed E-state index contributed by atoms with van der Waals surface area (Å²) in [6, 6.07) is 0.388. The predicted molar refractivity (Wildman–Crippen MR) is 48.5 cm³/mol. The first-order valence-electron chi connectivity index (χ1n) is 3.50. The maximum absolute atomic E-state index is 3.16. The highest BCUT2D eigenvalue weighted by Gasteiger charge is 2.12. The van der Waals surface area contributed by atoms with E-state index in [0.29, 0.717) is 6.04 Å². The fourth-order valence-corrected chi connectivity index (χ4v) is 1.22. The highest BCUT2D eigenvalue weighted by molar-refractivity contribution is 5.85. The molecule has 2 N–H and O–H groups in total. The molecule has 60 valence electrons. The van der Waals surface area contributed by atoms with Crippen LogP contribution in [0.4, 0.5) is 0 Å². The third-order valence-corrected chi connectivity index (χ3v) is 1.76. The first-order chi connectivity index (χ1) is 4.97. The zero-order valence-corrected chi connectivity index (χ0v) is 6.90. The van der Waals surface area contributed by atoms with E-state index in [4.69, 9.17) is 0 Å². The summed E-state index contributed by atoms with van der Waals surface area (Å²) >= 11 is 0. The van der Waals surface area contributed by atoms with Crippen molar-refractivity contribution in [1.82, 2.24) is 10.9 Å². The number of hydrogen-bond donors (Lipinski definition) is 2. The molecule has 1 aliphatic carbocycles. The van der Waals surface area contributed by atoms with Gasteiger partial charge in [0.25, 0.3) is 0 Å². The zero-order chi connectivity index (χ0) is 6.81. The quantitative estimate of drug-likeness (QED) is 0.566. The second-order valence-corrected chi connectivity index (χ2v) is 2.45. The molecular weight excluding hydrogens is 160 g/mol. The van der Waals surface area contributed by atoms with Gasteiger partial charge in [-0.15, -0.1) is 12.4 Å². The normalized spacial score (nSPS) is 26.9. The Morgan fingerprint density at radius 2 is 2.27 bits per heavy atom. The fraction of sp³-hybridized carbons (Fsp3) is 0.250. The van der Waals surface area contributed by atoms with E-state index in [1.54, 1.807) is 0 Å². The summed E-state index contributed by atoms with van der Waals surface area (Å²) in [5.74, 6) is 0. The number of hydrogen-bond acceptors (Lipinski definition) is 2. The van der Waals surface area contributed by atoms with Crippen molar-refractivity contribution in [1.29, 1.82) is 0 Å². The van der Waals surface area contributed by atoms with Crippen LogP contribution in [0.25, 0.3) is 0 Å². The van der Waals surface area contributed by atoms with E-state index in [1.165, 1.54) is 5.57 Å². The van der Waals surface area contributed by atoms with E-state index in [1.807, 2.05) is 0 Å². The minimum Gasteiger partial charge on any atom is -0.253 e. The van der Waals surface area contributed by atoms with Crippen LogP contribution in [0.1, 0.15) is 0 Å². The molecule has 0 radical (unpaired) electrons. The van der Waals surface area contributed by atoms with Gasteiger partial charge in [-0.25, -0.2) is 5.43 Å². The second kappa shape index (κ2) is 3.72. The molecule has 0 aromatic rings. The van der Waals surface area contributed by atoms with Crippen molar-refractivity contribution in [3.05, 3.63) is 36.0 Å². The molecule has 2 rings (SSSR count). The Labute approximate surface area is 72.4 Å². The molecule has 0 saturated carbocycles. The van der Waals surface area contributed by atoms with E-state index in [-0.39, 0.29) is 12.4 Å². The van der Waals surface area contributed by atoms with Crippen LogP contribution in [0.5, 0.6) is 0 Å². The van der Waals surface area contributed by atoms with Crippen molar-refractivity contribution in [2.45, 2.75) is 6.04 Å². The Morgan fingerprint density at radius 1 is 1.36 bits per heavy atom. The lowest BCUT2D eigenvalue weighted by Crippen LogP contribution is -2.44. The van der Waals surface area contributed by atoms with E-state index in [9.17, 15) is 0 Å². The Bertz CT molecular complexity index is 218. The smallest absolute Gasteiger partial charge is 0.0643 e. The van der Waals surface area contributed by atoms with Gasteiger partial charge < -0.3 is 0 Å². The Morgan fingerprint density at radius 3 is 3.09 bits per heavy atom. The SMILES string of the molecule is C1=CC2=CCNNC2C=C1.Cl. The van der Waals surface area contributed by atoms with Crippen LogP contribution in [0.3, 0.4) is 0 Å². The summed E-state index contributed by atoms with van der Waals surface area (Å²) in [7, 11) is 0. The summed E-state index contributed by atoms with van der Waals surface area (Å²) in [6.07, 6.45) is 10.6. The van der Waals surface area contributed by atoms with E-state index in [2.05, 4.69) is 41.2 Å². The van der Waals surface area contributed by atoms with E-state index < -0.39 is 0 Å². The molecule has 1 unspecified atom stereocenters. The highest BCUT2D eigenvalue weighted by Crippen LogP contribution is 2.11. The number of nitrogens with one attached hydrogen (secondary N) is 2. The van der Waals surface area contributed by atoms with Gasteiger partial charge in [0.1, 0.15) is 0 Å². The zero-order valence-electron chi connectivity index (χ0n) is 6.08. The molecule has 0 aromatic carbocycles. The highest BCUT2D eigenvalue weighted by atomic mass is 35.5. The van der Waals surface area contributed by atoms with Gasteiger partial charge in [0.15, 0.2) is 0 Å². The van der Waals surface area contributed by atoms with Gasteiger partial charge in [-0.05, 0) is 5.57 Å². The molecule has 3 heteroatoms. The second-order valence-electron chi connectivity index (χ2n) is 2.45. The maximum Gasteiger partial charge on any atom is 0.0643 e. The minimum atomic E-state index is 0. The van der Waals surface area contributed by atoms with Gasteiger partial charge in [0.05, 0.1) is 6.04 Å². The Hall–Kier alpha value is -0.570. The summed E-state index contributed by atoms with van der Waals surface area (Å²) in [6.45, 7) is 0.921. The third kappa shape index (κ3) is 1.71. The number of fused-ring (bicyclic) bond motifs is 1. The van der Waals surface area contributed by atoms with Gasteiger partial charge in [-0.3, -0.25) is 5.43 Å². The average Bonchev–Trinajstić information content (AvgIpc) is 2.05. The summed E-state index contributed by atoms with van der Waals surface area (Å²) < 4.78 is 0. The molecule has 0 spiro atoms. The molecule has 0 saturated heterocycles. The molecular formula is C8H11ClN2. The molecule has 1 atom stereocenters. The predicted octanol–water partition coefficient (Wildman–Crippen LogP) is 0.937. The Kier molecular flexibility index (Phi) is 2.88. The van der Waals surface area contributed by atoms with Crippen LogP contribution >= 0.6 is 12.4 Å². The first kappa shape index (κ1) is 8.53. The Balaban J connectivity index is 0.000000605. The number of rotatable bonds is 0. The summed E-state index contributed by atoms with van der Waals surface area (Å²) in [4.78, 5) is 0. The lowest BCUT2D eigenvalue weighted by atomic mass is 10.0. The lowest BCUT2D eigenvalue weighted by Gasteiger charge is -2.23. The van der Waals surface area contributed by atoms with Crippen molar-refractivity contribution < 1.29 is 0 Å². The van der Waals surface area contributed by atoms with Crippen LogP contribution in [-0.2, 0) is 0 Å². The maximum atomic E-state index is 3.16. The third-order valence-electron chi connectivity index (χ3n) is 1.76. The summed E-state index contributed by atoms with van der Waals surface area (Å²) in [5, 5.41) is 0. The summed E-state index contributed by atoms with van der Waals surface area (Å²) in [5.41, 5.74) is 7.60. The van der Waals surface area contributed by atoms with Crippen molar-refractivity contribution in [2.24, 2.45) is 0 Å². The van der Waals surface area contributed by atoms with Gasteiger partial charge in [0, 0.05) is 6.54 Å². The number of halogens is 1. The monoisotopic (exact) mass is 170 g/mol. The number of allylic oxidation sites excluding steroid dienone is 2. The van der Waals surface area contributed by atoms with E-state index in [0.717, 1.165) is 6.54 Å². The molecule has 0 aromatic heterocycles. The van der Waals surface area contributed by atoms with Crippen LogP contribution in [0.2, 0.25) is 0 Å². The largest absolute Gasteiger partial charge is 0.253 e. The van der Waals surface area contributed by atoms with E-state index >= 15 is 0 Å². The van der Waals surface area contributed by atoms with Crippen molar-refractivity contribution in [3.8, 4) is 0 Å². The van der Waals surface area contributed by atoms with Crippen molar-refractivity contribution in [3.63, 3.8) is 0 Å². The van der Waals surface area contributed by atoms with Gasteiger partial charge in [-0.2, -0.15) is 0 Å². The molecule has 2 aliphatic rings. The topological polar surface area (TPSA) is 24.1 Å². The first-order valence-corrected chi connectivity index (χ1v) is 3.50. The molecule has 11 heavy (non-hydrogen) atoms. The van der Waals surface area contributed by atoms with Crippen LogP contribution in [0.15, 0.2) is 36.0 Å². The van der Waals surface area contributed by atoms with Gasteiger partial charge >= 0.3 is 0 Å². The van der Waals surface area contributed by atoms with Crippen LogP contribution < -0.4 is 10.9 Å². The fourth-order valence-electron chi connectivity index (χ4n) is 1.22. The number of hydrazine groups is 1. The lowest BCUT2D eigenvalue weighted by molar-refractivity contribution is 0.520. The molecule has 0 fully saturated rings. The average molecular weight is 171 g/mol. The van der Waals surface area contributed by atoms with Crippen LogP contribution in [0, 0.1) is 0 Å². The molecule has 1 aliphatic heterocycles. The van der Waals surface area contributed by atoms with Gasteiger partial charge in [0.2, 0.25) is 0 Å². The molecule has 0 bridgehead atoms.